The maximum absolute atomic E-state index is 2.66. The van der Waals surface area contributed by atoms with Crippen LogP contribution >= 0.6 is 22.7 Å². The van der Waals surface area contributed by atoms with Crippen LogP contribution in [0.25, 0.3) is 97.0 Å². The van der Waals surface area contributed by atoms with E-state index in [0.29, 0.717) is 0 Å². The molecule has 0 spiro atoms. The van der Waals surface area contributed by atoms with E-state index in [2.05, 4.69) is 198 Å². The lowest BCUT2D eigenvalue weighted by molar-refractivity contribution is 0.398. The van der Waals surface area contributed by atoms with Crippen LogP contribution in [0, 0.1) is 13.8 Å². The summed E-state index contributed by atoms with van der Waals surface area (Å²) < 4.78 is 2.76. The van der Waals surface area contributed by atoms with Crippen molar-refractivity contribution in [3.63, 3.8) is 0 Å². The van der Waals surface area contributed by atoms with Gasteiger partial charge >= 0.3 is 0 Å². The van der Waals surface area contributed by atoms with E-state index in [9.17, 15) is 0 Å². The molecule has 0 fully saturated rings. The van der Waals surface area contributed by atoms with Gasteiger partial charge in [-0.15, -0.1) is 22.7 Å². The summed E-state index contributed by atoms with van der Waals surface area (Å²) in [6.45, 7) is 9.20. The van der Waals surface area contributed by atoms with E-state index in [0.717, 1.165) is 0 Å². The Morgan fingerprint density at radius 1 is 0.352 bits per heavy atom. The van der Waals surface area contributed by atoms with Crippen LogP contribution in [0.3, 0.4) is 0 Å². The van der Waals surface area contributed by atoms with Gasteiger partial charge in [0.1, 0.15) is 0 Å². The van der Waals surface area contributed by atoms with Crippen molar-refractivity contribution < 1.29 is 0 Å². The largest absolute Gasteiger partial charge is 0.140 e. The Kier molecular flexibility index (Phi) is 14.0. The van der Waals surface area contributed by atoms with E-state index in [-0.39, 0.29) is 5.41 Å². The summed E-state index contributed by atoms with van der Waals surface area (Å²) in [4.78, 5) is 2.71. The van der Waals surface area contributed by atoms with Gasteiger partial charge in [-0.3, -0.25) is 0 Å². The molecule has 2 heteroatoms. The average molecular weight is 961 g/mol. The topological polar surface area (TPSA) is 0 Å². The SMILES string of the molecule is CCCCCCCCC1(CCCCCCCC)c2cc(C)ccc2-c2ccc(-c3cc(-c4cc(-c5cccc6ccccc56)cc(-c5cccc6ccccc56)c4)cc(-c4cc5sc(C)cc5s4)c3)cc21. The number of benzene rings is 8. The van der Waals surface area contributed by atoms with Crippen LogP contribution in [-0.4, -0.2) is 0 Å². The Balaban J connectivity index is 1.09. The minimum absolute atomic E-state index is 0.0127. The first-order valence-corrected chi connectivity index (χ1v) is 28.6. The van der Waals surface area contributed by atoms with Crippen LogP contribution in [0.1, 0.15) is 125 Å². The second-order valence-electron chi connectivity index (χ2n) is 20.8. The van der Waals surface area contributed by atoms with Crippen molar-refractivity contribution in [3.8, 4) is 66.1 Å². The van der Waals surface area contributed by atoms with Crippen molar-refractivity contribution in [3.05, 3.63) is 191 Å². The van der Waals surface area contributed by atoms with E-state index in [4.69, 9.17) is 0 Å². The predicted octanol–water partition coefficient (Wildman–Crippen LogP) is 22.0. The molecular weight excluding hydrogens is 893 g/mol. The molecule has 0 radical (unpaired) electrons. The number of hydrogen-bond acceptors (Lipinski definition) is 2. The zero-order valence-corrected chi connectivity index (χ0v) is 44.0. The summed E-state index contributed by atoms with van der Waals surface area (Å²) in [5, 5.41) is 5.08. The minimum atomic E-state index is 0.0127. The first-order valence-electron chi connectivity index (χ1n) is 26.9. The van der Waals surface area contributed by atoms with Gasteiger partial charge < -0.3 is 0 Å². The van der Waals surface area contributed by atoms with Gasteiger partial charge in [-0.1, -0.05) is 212 Å². The van der Waals surface area contributed by atoms with Crippen LogP contribution in [0.4, 0.5) is 0 Å². The lowest BCUT2D eigenvalue weighted by Crippen LogP contribution is -2.25. The van der Waals surface area contributed by atoms with Gasteiger partial charge in [0.2, 0.25) is 0 Å². The normalized spacial score (nSPS) is 12.8. The third kappa shape index (κ3) is 9.59. The molecule has 0 unspecified atom stereocenters. The second-order valence-corrected chi connectivity index (χ2v) is 23.1. The van der Waals surface area contributed by atoms with Crippen LogP contribution in [0.2, 0.25) is 0 Å². The van der Waals surface area contributed by atoms with E-state index in [1.54, 1.807) is 11.1 Å². The molecular formula is C69H68S2. The zero-order chi connectivity index (χ0) is 48.3. The molecule has 2 aromatic heterocycles. The van der Waals surface area contributed by atoms with Crippen molar-refractivity contribution in [1.29, 1.82) is 0 Å². The molecule has 0 nitrogen and oxygen atoms in total. The highest BCUT2D eigenvalue weighted by atomic mass is 32.1. The molecule has 0 N–H and O–H groups in total. The summed E-state index contributed by atoms with van der Waals surface area (Å²) in [6.07, 6.45) is 18.3. The zero-order valence-electron chi connectivity index (χ0n) is 42.4. The summed E-state index contributed by atoms with van der Waals surface area (Å²) in [5.74, 6) is 0. The fourth-order valence-electron chi connectivity index (χ4n) is 12.1. The molecule has 1 aliphatic rings. The summed E-state index contributed by atoms with van der Waals surface area (Å²) in [7, 11) is 0. The molecule has 2 heterocycles. The number of unbranched alkanes of at least 4 members (excludes halogenated alkanes) is 10. The molecule has 1 aliphatic carbocycles. The maximum atomic E-state index is 2.66. The first kappa shape index (κ1) is 47.3. The van der Waals surface area contributed by atoms with Gasteiger partial charge in [0.15, 0.2) is 0 Å². The number of thiophene rings is 2. The lowest BCUT2D eigenvalue weighted by atomic mass is 9.70. The van der Waals surface area contributed by atoms with Crippen LogP contribution in [0.15, 0.2) is 170 Å². The predicted molar refractivity (Wildman–Crippen MR) is 314 cm³/mol. The van der Waals surface area contributed by atoms with Gasteiger partial charge in [-0.2, -0.15) is 0 Å². The summed E-state index contributed by atoms with van der Waals surface area (Å²) in [6, 6.07) is 65.9. The second kappa shape index (κ2) is 21.0. The fourth-order valence-corrected chi connectivity index (χ4v) is 14.4. The standard InChI is InChI=1S/C69H68S2/c1-5-7-9-11-13-19-35-69(36-20-14-12-10-8-6-2)64-37-47(3)31-33-62(64)63-34-32-51(45-65(63)69)52-39-53(43-57(42-52)66-46-68-67(71-66)38-48(4)70-68)54-40-55(60-29-21-25-49-23-15-17-27-58(49)60)44-56(41-54)61-30-22-26-50-24-16-18-28-59(50)61/h15-18,21-34,37-46H,5-14,19-20,35-36H2,1-4H3. The van der Waals surface area contributed by atoms with Gasteiger partial charge in [0.05, 0.1) is 0 Å². The smallest absolute Gasteiger partial charge is 0.0459 e. The van der Waals surface area contributed by atoms with Crippen LogP contribution < -0.4 is 0 Å². The highest BCUT2D eigenvalue weighted by Gasteiger charge is 2.42. The molecule has 71 heavy (non-hydrogen) atoms. The van der Waals surface area contributed by atoms with E-state index in [1.165, 1.54) is 197 Å². The fraction of sp³-hybridized carbons (Fsp3) is 0.275. The highest BCUT2D eigenvalue weighted by Crippen LogP contribution is 2.56. The third-order valence-corrected chi connectivity index (χ3v) is 18.0. The molecule has 356 valence electrons. The average Bonchev–Trinajstić information content (AvgIpc) is 4.05. The van der Waals surface area contributed by atoms with Crippen molar-refractivity contribution in [2.75, 3.05) is 0 Å². The minimum Gasteiger partial charge on any atom is -0.140 e. The lowest BCUT2D eigenvalue weighted by Gasteiger charge is -2.33. The van der Waals surface area contributed by atoms with E-state index in [1.807, 2.05) is 22.7 Å². The number of hydrogen-bond donors (Lipinski definition) is 0. The highest BCUT2D eigenvalue weighted by molar-refractivity contribution is 7.29. The number of fused-ring (bicyclic) bond motifs is 6. The Labute approximate surface area is 431 Å². The van der Waals surface area contributed by atoms with Crippen molar-refractivity contribution in [1.82, 2.24) is 0 Å². The quantitative estimate of drug-likeness (QED) is 0.0709. The molecule has 0 aliphatic heterocycles. The third-order valence-electron chi connectivity index (χ3n) is 15.8. The Morgan fingerprint density at radius 2 is 0.831 bits per heavy atom. The Hall–Kier alpha value is -6.06. The first-order chi connectivity index (χ1) is 34.9. The van der Waals surface area contributed by atoms with E-state index < -0.39 is 0 Å². The Bertz CT molecular complexity index is 3350. The molecule has 0 atom stereocenters. The molecule has 8 aromatic carbocycles. The maximum Gasteiger partial charge on any atom is 0.0459 e. The van der Waals surface area contributed by atoms with Crippen molar-refractivity contribution in [2.45, 2.75) is 123 Å². The van der Waals surface area contributed by atoms with Crippen LogP contribution in [0.5, 0.6) is 0 Å². The van der Waals surface area contributed by atoms with Gasteiger partial charge in [0.25, 0.3) is 0 Å². The van der Waals surface area contributed by atoms with Crippen molar-refractivity contribution >= 4 is 53.6 Å². The van der Waals surface area contributed by atoms with Gasteiger partial charge in [-0.25, -0.2) is 0 Å². The molecule has 0 saturated heterocycles. The van der Waals surface area contributed by atoms with Gasteiger partial charge in [-0.05, 0) is 175 Å². The summed E-state index contributed by atoms with van der Waals surface area (Å²) in [5.41, 5.74) is 18.8. The summed E-state index contributed by atoms with van der Waals surface area (Å²) >= 11 is 3.85. The number of rotatable bonds is 19. The molecule has 11 rings (SSSR count). The van der Waals surface area contributed by atoms with Crippen molar-refractivity contribution in [2.24, 2.45) is 0 Å². The van der Waals surface area contributed by atoms with E-state index >= 15 is 0 Å². The molecule has 0 amide bonds. The van der Waals surface area contributed by atoms with Crippen LogP contribution in [-0.2, 0) is 5.41 Å². The monoisotopic (exact) mass is 960 g/mol. The molecule has 0 bridgehead atoms. The molecule has 10 aromatic rings. The number of aryl methyl sites for hydroxylation is 2. The Morgan fingerprint density at radius 3 is 1.44 bits per heavy atom. The molecule has 0 saturated carbocycles. The van der Waals surface area contributed by atoms with Gasteiger partial charge in [0, 0.05) is 24.6 Å².